The third-order valence-electron chi connectivity index (χ3n) is 4.66. The zero-order chi connectivity index (χ0) is 20.1. The first kappa shape index (κ1) is 20.3. The van der Waals surface area contributed by atoms with Crippen molar-refractivity contribution in [2.75, 3.05) is 23.7 Å². The number of amides is 3. The van der Waals surface area contributed by atoms with Crippen molar-refractivity contribution in [2.45, 2.75) is 51.9 Å². The minimum Gasteiger partial charge on any atom is -0.325 e. The second-order valence-electron chi connectivity index (χ2n) is 8.14. The summed E-state index contributed by atoms with van der Waals surface area (Å²) in [5.74, 6) is -0.172. The highest BCUT2D eigenvalue weighted by Gasteiger charge is 2.20. The number of urea groups is 1. The van der Waals surface area contributed by atoms with Gasteiger partial charge in [-0.3, -0.25) is 4.79 Å². The van der Waals surface area contributed by atoms with Gasteiger partial charge in [-0.25, -0.2) is 9.78 Å². The number of rotatable bonds is 3. The summed E-state index contributed by atoms with van der Waals surface area (Å²) < 4.78 is 0. The van der Waals surface area contributed by atoms with E-state index in [4.69, 9.17) is 0 Å². The van der Waals surface area contributed by atoms with E-state index in [-0.39, 0.29) is 17.4 Å². The van der Waals surface area contributed by atoms with Gasteiger partial charge < -0.3 is 15.5 Å². The highest BCUT2D eigenvalue weighted by Crippen LogP contribution is 2.27. The smallest absolute Gasteiger partial charge is 0.321 e. The van der Waals surface area contributed by atoms with Crippen LogP contribution in [0, 0.1) is 0 Å². The van der Waals surface area contributed by atoms with Crippen molar-refractivity contribution in [3.8, 4) is 0 Å². The molecule has 0 saturated carbocycles. The largest absolute Gasteiger partial charge is 0.325 e. The van der Waals surface area contributed by atoms with Crippen LogP contribution < -0.4 is 10.6 Å². The molecular formula is C21H28N4O2S. The fraction of sp³-hybridized carbons (Fsp3) is 0.476. The molecule has 1 aliphatic rings. The minimum absolute atomic E-state index is 0.0574. The molecule has 0 unspecified atom stereocenters. The molecule has 0 radical (unpaired) electrons. The van der Waals surface area contributed by atoms with Gasteiger partial charge in [-0.05, 0) is 37.1 Å². The molecule has 1 saturated heterocycles. The van der Waals surface area contributed by atoms with Crippen LogP contribution in [0.3, 0.4) is 0 Å². The maximum absolute atomic E-state index is 12.4. The van der Waals surface area contributed by atoms with E-state index in [2.05, 4.69) is 36.4 Å². The first-order valence-electron chi connectivity index (χ1n) is 9.76. The summed E-state index contributed by atoms with van der Waals surface area (Å²) >= 11 is 1.41. The summed E-state index contributed by atoms with van der Waals surface area (Å²) in [4.78, 5) is 31.6. The van der Waals surface area contributed by atoms with Crippen LogP contribution in [-0.4, -0.2) is 34.9 Å². The molecule has 28 heavy (non-hydrogen) atoms. The van der Waals surface area contributed by atoms with E-state index in [9.17, 15) is 9.59 Å². The van der Waals surface area contributed by atoms with Crippen molar-refractivity contribution in [2.24, 2.45) is 0 Å². The molecule has 1 fully saturated rings. The van der Waals surface area contributed by atoms with E-state index in [1.807, 2.05) is 4.90 Å². The predicted molar refractivity (Wildman–Crippen MR) is 114 cm³/mol. The van der Waals surface area contributed by atoms with E-state index in [1.54, 1.807) is 30.5 Å². The zero-order valence-electron chi connectivity index (χ0n) is 16.7. The van der Waals surface area contributed by atoms with Crippen molar-refractivity contribution in [1.82, 2.24) is 9.88 Å². The number of carbonyl (C=O) groups excluding carboxylic acids is 2. The highest BCUT2D eigenvalue weighted by molar-refractivity contribution is 7.13. The van der Waals surface area contributed by atoms with E-state index in [1.165, 1.54) is 24.2 Å². The van der Waals surface area contributed by atoms with E-state index in [0.717, 1.165) is 36.6 Å². The molecule has 2 N–H and O–H groups in total. The Bertz CT molecular complexity index is 816. The van der Waals surface area contributed by atoms with Crippen LogP contribution >= 0.6 is 11.3 Å². The van der Waals surface area contributed by atoms with Gasteiger partial charge in [0.05, 0.1) is 11.2 Å². The molecule has 0 bridgehead atoms. The number of thiazole rings is 1. The number of nitrogens with zero attached hydrogens (tertiary/aromatic N) is 2. The van der Waals surface area contributed by atoms with Crippen LogP contribution in [0.15, 0.2) is 30.5 Å². The molecule has 1 aromatic carbocycles. The molecule has 1 aromatic heterocycles. The first-order valence-corrected chi connectivity index (χ1v) is 10.6. The molecule has 0 spiro atoms. The van der Waals surface area contributed by atoms with Gasteiger partial charge in [0.2, 0.25) is 0 Å². The third-order valence-corrected chi connectivity index (χ3v) is 6.08. The normalized spacial score (nSPS) is 15.0. The molecule has 1 aliphatic heterocycles. The molecular weight excluding hydrogens is 372 g/mol. The predicted octanol–water partition coefficient (Wildman–Crippen LogP) is 5.10. The number of benzene rings is 1. The number of hydrogen-bond donors (Lipinski definition) is 2. The lowest BCUT2D eigenvalue weighted by Crippen LogP contribution is -2.35. The Morgan fingerprint density at radius 3 is 2.07 bits per heavy atom. The van der Waals surface area contributed by atoms with Crippen molar-refractivity contribution in [3.63, 3.8) is 0 Å². The fourth-order valence-corrected chi connectivity index (χ4v) is 3.90. The van der Waals surface area contributed by atoms with Gasteiger partial charge in [-0.2, -0.15) is 0 Å². The molecule has 6 nitrogen and oxygen atoms in total. The van der Waals surface area contributed by atoms with Gasteiger partial charge in [0, 0.05) is 29.9 Å². The Morgan fingerprint density at radius 2 is 1.54 bits per heavy atom. The van der Waals surface area contributed by atoms with Crippen LogP contribution in [-0.2, 0) is 5.41 Å². The minimum atomic E-state index is -0.172. The Hall–Kier alpha value is -2.41. The summed E-state index contributed by atoms with van der Waals surface area (Å²) in [5.41, 5.74) is 1.33. The van der Waals surface area contributed by atoms with Gasteiger partial charge in [0.15, 0.2) is 0 Å². The van der Waals surface area contributed by atoms with Crippen molar-refractivity contribution in [3.05, 3.63) is 40.3 Å². The quantitative estimate of drug-likeness (QED) is 0.753. The van der Waals surface area contributed by atoms with Gasteiger partial charge in [0.1, 0.15) is 4.88 Å². The van der Waals surface area contributed by atoms with Crippen molar-refractivity contribution < 1.29 is 9.59 Å². The number of carbonyl (C=O) groups is 2. The van der Waals surface area contributed by atoms with Gasteiger partial charge >= 0.3 is 6.03 Å². The molecule has 3 amide bonds. The Balaban J connectivity index is 1.57. The lowest BCUT2D eigenvalue weighted by molar-refractivity contribution is 0.103. The maximum Gasteiger partial charge on any atom is 0.321 e. The summed E-state index contributed by atoms with van der Waals surface area (Å²) in [5, 5.41) is 6.76. The average Bonchev–Trinajstić information content (AvgIpc) is 3.00. The van der Waals surface area contributed by atoms with E-state index < -0.39 is 0 Å². The van der Waals surface area contributed by atoms with Crippen LogP contribution in [0.25, 0.3) is 0 Å². The lowest BCUT2D eigenvalue weighted by atomic mass is 9.98. The number of nitrogens with one attached hydrogen (secondary N) is 2. The van der Waals surface area contributed by atoms with E-state index >= 15 is 0 Å². The van der Waals surface area contributed by atoms with Crippen LogP contribution in [0.1, 0.15) is 61.1 Å². The van der Waals surface area contributed by atoms with Gasteiger partial charge in [-0.1, -0.05) is 33.6 Å². The van der Waals surface area contributed by atoms with Gasteiger partial charge in [0.25, 0.3) is 5.91 Å². The summed E-state index contributed by atoms with van der Waals surface area (Å²) in [6.45, 7) is 7.85. The second-order valence-corrected chi connectivity index (χ2v) is 9.17. The monoisotopic (exact) mass is 400 g/mol. The number of hydrogen-bond acceptors (Lipinski definition) is 4. The highest BCUT2D eigenvalue weighted by atomic mass is 32.1. The van der Waals surface area contributed by atoms with Crippen LogP contribution in [0.2, 0.25) is 0 Å². The molecule has 7 heteroatoms. The Morgan fingerprint density at radius 1 is 0.964 bits per heavy atom. The SMILES string of the molecule is CC(C)(C)c1ncc(C(=O)Nc2ccc(NC(=O)N3CCCCCC3)cc2)s1. The topological polar surface area (TPSA) is 74.3 Å². The average molecular weight is 401 g/mol. The van der Waals surface area contributed by atoms with E-state index in [0.29, 0.717) is 10.6 Å². The van der Waals surface area contributed by atoms with Crippen LogP contribution in [0.4, 0.5) is 16.2 Å². The zero-order valence-corrected chi connectivity index (χ0v) is 17.6. The van der Waals surface area contributed by atoms with Crippen molar-refractivity contribution in [1.29, 1.82) is 0 Å². The summed E-state index contributed by atoms with van der Waals surface area (Å²) in [6, 6.07) is 7.14. The molecule has 150 valence electrons. The molecule has 2 aromatic rings. The Labute approximate surface area is 170 Å². The van der Waals surface area contributed by atoms with Crippen LogP contribution in [0.5, 0.6) is 0 Å². The molecule has 3 rings (SSSR count). The third kappa shape index (κ3) is 5.32. The second kappa shape index (κ2) is 8.73. The molecule has 2 heterocycles. The number of aromatic nitrogens is 1. The van der Waals surface area contributed by atoms with Crippen molar-refractivity contribution >= 4 is 34.6 Å². The fourth-order valence-electron chi connectivity index (χ4n) is 3.03. The molecule has 0 aliphatic carbocycles. The number of anilines is 2. The lowest BCUT2D eigenvalue weighted by Gasteiger charge is -2.20. The maximum atomic E-state index is 12.4. The summed E-state index contributed by atoms with van der Waals surface area (Å²) in [7, 11) is 0. The number of likely N-dealkylation sites (tertiary alicyclic amines) is 1. The van der Waals surface area contributed by atoms with Gasteiger partial charge in [-0.15, -0.1) is 11.3 Å². The molecule has 0 atom stereocenters. The Kier molecular flexibility index (Phi) is 6.34. The first-order chi connectivity index (χ1) is 13.3. The standard InChI is InChI=1S/C21H28N4O2S/c1-21(2,3)19-22-14-17(28-19)18(26)23-15-8-10-16(11-9-15)24-20(27)25-12-6-4-5-7-13-25/h8-11,14H,4-7,12-13H2,1-3H3,(H,23,26)(H,24,27). The summed E-state index contributed by atoms with van der Waals surface area (Å²) in [6.07, 6.45) is 6.13.